The number of nitrogens with zero attached hydrogens (tertiary/aromatic N) is 2. The molecule has 0 spiro atoms. The lowest BCUT2D eigenvalue weighted by Gasteiger charge is -2.34. The van der Waals surface area contributed by atoms with Crippen LogP contribution >= 0.6 is 0 Å². The van der Waals surface area contributed by atoms with E-state index in [0.29, 0.717) is 18.4 Å². The maximum atomic E-state index is 12.2. The molecule has 5 nitrogen and oxygen atoms in total. The molecule has 1 atom stereocenters. The summed E-state index contributed by atoms with van der Waals surface area (Å²) in [7, 11) is 0. The quantitative estimate of drug-likeness (QED) is 0.757. The zero-order valence-corrected chi connectivity index (χ0v) is 15.4. The molecule has 1 aromatic heterocycles. The van der Waals surface area contributed by atoms with Gasteiger partial charge < -0.3 is 14.4 Å². The number of amides is 1. The first kappa shape index (κ1) is 18.6. The molecule has 1 amide bonds. The highest BCUT2D eigenvalue weighted by Crippen LogP contribution is 2.23. The molecule has 5 heteroatoms. The molecule has 1 aromatic rings. The Morgan fingerprint density at radius 2 is 2.17 bits per heavy atom. The summed E-state index contributed by atoms with van der Waals surface area (Å²) in [6.45, 7) is 9.98. The van der Waals surface area contributed by atoms with E-state index in [2.05, 4.69) is 4.98 Å². The van der Waals surface area contributed by atoms with Crippen LogP contribution in [-0.2, 0) is 4.74 Å². The molecule has 0 bridgehead atoms. The predicted octanol–water partition coefficient (Wildman–Crippen LogP) is 4.20. The molecule has 2 heterocycles. The minimum Gasteiger partial charge on any atom is -0.478 e. The highest BCUT2D eigenvalue weighted by molar-refractivity contribution is 5.68. The van der Waals surface area contributed by atoms with Crippen LogP contribution in [0.4, 0.5) is 4.79 Å². The number of ether oxygens (including phenoxy) is 2. The van der Waals surface area contributed by atoms with E-state index in [9.17, 15) is 4.79 Å². The summed E-state index contributed by atoms with van der Waals surface area (Å²) in [5, 5.41) is 0. The third kappa shape index (κ3) is 6.38. The molecule has 0 N–H and O–H groups in total. The first-order valence-electron chi connectivity index (χ1n) is 8.87. The van der Waals surface area contributed by atoms with Gasteiger partial charge in [0.2, 0.25) is 5.88 Å². The first-order valence-corrected chi connectivity index (χ1v) is 8.87. The van der Waals surface area contributed by atoms with E-state index >= 15 is 0 Å². The van der Waals surface area contributed by atoms with Gasteiger partial charge in [0.25, 0.3) is 0 Å². The summed E-state index contributed by atoms with van der Waals surface area (Å²) in [4.78, 5) is 18.3. The molecule has 1 aliphatic rings. The number of rotatable bonds is 5. The van der Waals surface area contributed by atoms with Crippen LogP contribution < -0.4 is 4.74 Å². The number of hydrogen-bond donors (Lipinski definition) is 0. The molecule has 0 aromatic carbocycles. The van der Waals surface area contributed by atoms with E-state index in [1.54, 1.807) is 0 Å². The van der Waals surface area contributed by atoms with Crippen molar-refractivity contribution in [3.63, 3.8) is 0 Å². The number of piperidine rings is 1. The van der Waals surface area contributed by atoms with E-state index in [-0.39, 0.29) is 6.09 Å². The third-order valence-corrected chi connectivity index (χ3v) is 4.06. The van der Waals surface area contributed by atoms with Crippen molar-refractivity contribution in [2.45, 2.75) is 59.0 Å². The summed E-state index contributed by atoms with van der Waals surface area (Å²) >= 11 is 0. The van der Waals surface area contributed by atoms with Crippen LogP contribution in [-0.4, -0.2) is 41.3 Å². The number of aromatic nitrogens is 1. The fourth-order valence-electron chi connectivity index (χ4n) is 2.88. The van der Waals surface area contributed by atoms with E-state index in [4.69, 9.17) is 9.47 Å². The Kier molecular flexibility index (Phi) is 6.46. The van der Waals surface area contributed by atoms with E-state index in [1.165, 1.54) is 6.42 Å². The maximum Gasteiger partial charge on any atom is 0.410 e. The van der Waals surface area contributed by atoms with Crippen molar-refractivity contribution in [2.24, 2.45) is 5.92 Å². The molecular formula is C19H30N2O3. The molecule has 0 aliphatic carbocycles. The van der Waals surface area contributed by atoms with Crippen LogP contribution in [0, 0.1) is 12.8 Å². The second-order valence-corrected chi connectivity index (χ2v) is 7.60. The van der Waals surface area contributed by atoms with Crippen molar-refractivity contribution < 1.29 is 14.3 Å². The van der Waals surface area contributed by atoms with Gasteiger partial charge in [-0.15, -0.1) is 0 Å². The summed E-state index contributed by atoms with van der Waals surface area (Å²) in [6, 6.07) is 3.91. The average molecular weight is 334 g/mol. The second-order valence-electron chi connectivity index (χ2n) is 7.60. The van der Waals surface area contributed by atoms with Gasteiger partial charge in [0.1, 0.15) is 5.60 Å². The van der Waals surface area contributed by atoms with E-state index < -0.39 is 5.60 Å². The van der Waals surface area contributed by atoms with Gasteiger partial charge in [-0.05, 0) is 64.9 Å². The third-order valence-electron chi connectivity index (χ3n) is 4.06. The minimum absolute atomic E-state index is 0.188. The zero-order valence-electron chi connectivity index (χ0n) is 15.4. The standard InChI is InChI=1S/C19H30N2O3/c1-15-9-10-17(20-13-15)23-12-6-8-16-7-5-11-21(14-16)18(22)24-19(2,3)4/h9-10,13,16H,5-8,11-12,14H2,1-4H3/t16-/m1/s1. The molecule has 0 unspecified atom stereocenters. The van der Waals surface area contributed by atoms with Gasteiger partial charge in [-0.2, -0.15) is 0 Å². The van der Waals surface area contributed by atoms with E-state index in [0.717, 1.165) is 37.9 Å². The van der Waals surface area contributed by atoms with Gasteiger partial charge >= 0.3 is 6.09 Å². The molecule has 1 saturated heterocycles. The van der Waals surface area contributed by atoms with Crippen LogP contribution in [0.15, 0.2) is 18.3 Å². The average Bonchev–Trinajstić information content (AvgIpc) is 2.52. The van der Waals surface area contributed by atoms with Crippen molar-refractivity contribution >= 4 is 6.09 Å². The number of carbonyl (C=O) groups excluding carboxylic acids is 1. The van der Waals surface area contributed by atoms with Gasteiger partial charge in [0, 0.05) is 25.4 Å². The molecular weight excluding hydrogens is 304 g/mol. The lowest BCUT2D eigenvalue weighted by atomic mass is 9.94. The Hall–Kier alpha value is -1.78. The fourth-order valence-corrected chi connectivity index (χ4v) is 2.88. The van der Waals surface area contributed by atoms with E-state index in [1.807, 2.05) is 50.9 Å². The topological polar surface area (TPSA) is 51.7 Å². The molecule has 2 rings (SSSR count). The summed E-state index contributed by atoms with van der Waals surface area (Å²) < 4.78 is 11.1. The second kappa shape index (κ2) is 8.36. The molecule has 0 saturated carbocycles. The highest BCUT2D eigenvalue weighted by Gasteiger charge is 2.27. The Morgan fingerprint density at radius 1 is 1.38 bits per heavy atom. The molecule has 24 heavy (non-hydrogen) atoms. The van der Waals surface area contributed by atoms with Gasteiger partial charge in [-0.25, -0.2) is 9.78 Å². The lowest BCUT2D eigenvalue weighted by Crippen LogP contribution is -2.42. The molecule has 1 aliphatic heterocycles. The number of pyridine rings is 1. The highest BCUT2D eigenvalue weighted by atomic mass is 16.6. The summed E-state index contributed by atoms with van der Waals surface area (Å²) in [6.07, 6.45) is 5.88. The Bertz CT molecular complexity index is 522. The number of carbonyl (C=O) groups is 1. The van der Waals surface area contributed by atoms with Gasteiger partial charge in [0.15, 0.2) is 0 Å². The summed E-state index contributed by atoms with van der Waals surface area (Å²) in [5.41, 5.74) is 0.700. The van der Waals surface area contributed by atoms with Crippen LogP contribution in [0.2, 0.25) is 0 Å². The van der Waals surface area contributed by atoms with Crippen molar-refractivity contribution in [2.75, 3.05) is 19.7 Å². The molecule has 134 valence electrons. The monoisotopic (exact) mass is 334 g/mol. The lowest BCUT2D eigenvalue weighted by molar-refractivity contribution is 0.0159. The van der Waals surface area contributed by atoms with Crippen LogP contribution in [0.3, 0.4) is 0 Å². The largest absolute Gasteiger partial charge is 0.478 e. The number of aryl methyl sites for hydroxylation is 1. The van der Waals surface area contributed by atoms with Crippen molar-refractivity contribution in [1.29, 1.82) is 0 Å². The Balaban J connectivity index is 1.69. The first-order chi connectivity index (χ1) is 11.3. The molecule has 0 radical (unpaired) electrons. The zero-order chi connectivity index (χ0) is 17.6. The smallest absolute Gasteiger partial charge is 0.410 e. The van der Waals surface area contributed by atoms with Gasteiger partial charge in [-0.1, -0.05) is 6.07 Å². The molecule has 1 fully saturated rings. The predicted molar refractivity (Wildman–Crippen MR) is 94.2 cm³/mol. The van der Waals surface area contributed by atoms with Crippen molar-refractivity contribution in [3.8, 4) is 5.88 Å². The minimum atomic E-state index is -0.432. The van der Waals surface area contributed by atoms with Crippen molar-refractivity contribution in [1.82, 2.24) is 9.88 Å². The normalized spacial score (nSPS) is 18.3. The Morgan fingerprint density at radius 3 is 2.83 bits per heavy atom. The number of hydrogen-bond acceptors (Lipinski definition) is 4. The van der Waals surface area contributed by atoms with Crippen LogP contribution in [0.5, 0.6) is 5.88 Å². The SMILES string of the molecule is Cc1ccc(OCCC[C@H]2CCCN(C(=O)OC(C)(C)C)C2)nc1. The number of likely N-dealkylation sites (tertiary alicyclic amines) is 1. The van der Waals surface area contributed by atoms with Crippen LogP contribution in [0.25, 0.3) is 0 Å². The van der Waals surface area contributed by atoms with Crippen LogP contribution in [0.1, 0.15) is 52.0 Å². The van der Waals surface area contributed by atoms with Gasteiger partial charge in [-0.3, -0.25) is 0 Å². The fraction of sp³-hybridized carbons (Fsp3) is 0.684. The van der Waals surface area contributed by atoms with Crippen molar-refractivity contribution in [3.05, 3.63) is 23.9 Å². The van der Waals surface area contributed by atoms with Gasteiger partial charge in [0.05, 0.1) is 6.61 Å². The maximum absolute atomic E-state index is 12.2. The Labute approximate surface area is 145 Å². The summed E-state index contributed by atoms with van der Waals surface area (Å²) in [5.74, 6) is 1.21.